The molecule has 0 aliphatic carbocycles. The summed E-state index contributed by atoms with van der Waals surface area (Å²) >= 11 is 7.12. The van der Waals surface area contributed by atoms with E-state index in [4.69, 9.17) is 18.9 Å². The lowest BCUT2D eigenvalue weighted by atomic mass is 9.96. The van der Waals surface area contributed by atoms with E-state index in [-0.39, 0.29) is 27.6 Å². The van der Waals surface area contributed by atoms with Crippen LogP contribution in [-0.2, 0) is 18.9 Å². The van der Waals surface area contributed by atoms with Crippen molar-refractivity contribution >= 4 is 31.9 Å². The maximum atomic E-state index is 5.72. The van der Waals surface area contributed by atoms with Gasteiger partial charge in [-0.2, -0.15) is 0 Å². The fourth-order valence-electron chi connectivity index (χ4n) is 1.24. The molecular formula is C11H18Br2O4. The molecule has 2 rings (SSSR count). The zero-order chi connectivity index (χ0) is 12.5. The normalized spacial score (nSPS) is 31.1. The second-order valence-corrected chi connectivity index (χ2v) is 6.69. The maximum absolute atomic E-state index is 5.72. The molecule has 100 valence electrons. The van der Waals surface area contributed by atoms with Crippen LogP contribution in [0.1, 0.15) is 13.8 Å². The van der Waals surface area contributed by atoms with Crippen molar-refractivity contribution in [1.82, 2.24) is 0 Å². The van der Waals surface area contributed by atoms with E-state index in [0.29, 0.717) is 13.2 Å². The summed E-state index contributed by atoms with van der Waals surface area (Å²) in [5, 5.41) is -0.160. The fourth-order valence-corrected chi connectivity index (χ4v) is 2.38. The highest BCUT2D eigenvalue weighted by molar-refractivity contribution is 9.10. The molecule has 6 heteroatoms. The molecule has 17 heavy (non-hydrogen) atoms. The number of rotatable bonds is 8. The Morgan fingerprint density at radius 2 is 1.41 bits per heavy atom. The molecule has 2 heterocycles. The van der Waals surface area contributed by atoms with Gasteiger partial charge in [0.15, 0.2) is 0 Å². The number of hydrogen-bond donors (Lipinski definition) is 0. The minimum absolute atomic E-state index is 0.0799. The molecule has 0 N–H and O–H groups in total. The average Bonchev–Trinajstić information content (AvgIpc) is 3.15. The van der Waals surface area contributed by atoms with Crippen molar-refractivity contribution in [3.05, 3.63) is 0 Å². The zero-order valence-electron chi connectivity index (χ0n) is 10.0. The smallest absolute Gasteiger partial charge is 0.121 e. The summed E-state index contributed by atoms with van der Waals surface area (Å²) in [6, 6.07) is 0. The molecule has 0 spiro atoms. The van der Waals surface area contributed by atoms with Crippen LogP contribution in [0.5, 0.6) is 0 Å². The fraction of sp³-hybridized carbons (Fsp3) is 1.00. The molecule has 0 radical (unpaired) electrons. The first kappa shape index (κ1) is 14.2. The van der Waals surface area contributed by atoms with Gasteiger partial charge < -0.3 is 18.9 Å². The minimum Gasteiger partial charge on any atom is -0.371 e. The molecule has 4 atom stereocenters. The Balaban J connectivity index is 1.72. The van der Waals surface area contributed by atoms with Crippen molar-refractivity contribution in [2.75, 3.05) is 26.4 Å². The third-order valence-electron chi connectivity index (χ3n) is 2.83. The van der Waals surface area contributed by atoms with E-state index in [1.165, 1.54) is 0 Å². The zero-order valence-corrected chi connectivity index (χ0v) is 13.2. The van der Waals surface area contributed by atoms with Gasteiger partial charge in [-0.15, -0.1) is 0 Å². The highest BCUT2D eigenvalue weighted by Crippen LogP contribution is 2.37. The molecule has 4 nitrogen and oxygen atoms in total. The molecule has 4 unspecified atom stereocenters. The third-order valence-corrected chi connectivity index (χ3v) is 5.72. The van der Waals surface area contributed by atoms with Gasteiger partial charge in [-0.25, -0.2) is 0 Å². The number of halogens is 2. The van der Waals surface area contributed by atoms with Crippen LogP contribution in [0, 0.1) is 5.41 Å². The van der Waals surface area contributed by atoms with Gasteiger partial charge in [0.05, 0.1) is 26.4 Å². The Bertz CT molecular complexity index is 230. The van der Waals surface area contributed by atoms with Crippen LogP contribution in [0.2, 0.25) is 0 Å². The van der Waals surface area contributed by atoms with E-state index in [2.05, 4.69) is 45.7 Å². The summed E-state index contributed by atoms with van der Waals surface area (Å²) in [4.78, 5) is 0. The van der Waals surface area contributed by atoms with Crippen LogP contribution in [0.15, 0.2) is 0 Å². The van der Waals surface area contributed by atoms with E-state index < -0.39 is 0 Å². The van der Waals surface area contributed by atoms with Crippen LogP contribution in [0.4, 0.5) is 0 Å². The standard InChI is InChI=1S/C11H18Br2O4/c1-11(2,9(12)16-5-7-3-14-7)10(13)17-6-8-4-15-8/h7-10H,3-6H2,1-2H3. The van der Waals surface area contributed by atoms with Gasteiger partial charge in [-0.3, -0.25) is 0 Å². The molecule has 0 bridgehead atoms. The summed E-state index contributed by atoms with van der Waals surface area (Å²) in [7, 11) is 0. The van der Waals surface area contributed by atoms with E-state index in [0.717, 1.165) is 13.2 Å². The summed E-state index contributed by atoms with van der Waals surface area (Å²) < 4.78 is 21.7. The summed E-state index contributed by atoms with van der Waals surface area (Å²) in [6.07, 6.45) is 0.556. The monoisotopic (exact) mass is 372 g/mol. The van der Waals surface area contributed by atoms with Crippen LogP contribution in [-0.4, -0.2) is 48.7 Å². The summed E-state index contributed by atoms with van der Waals surface area (Å²) in [5.41, 5.74) is -0.177. The van der Waals surface area contributed by atoms with E-state index in [1.54, 1.807) is 0 Å². The predicted molar refractivity (Wildman–Crippen MR) is 70.6 cm³/mol. The molecule has 0 aromatic rings. The van der Waals surface area contributed by atoms with Gasteiger partial charge in [-0.05, 0) is 0 Å². The van der Waals surface area contributed by atoms with Crippen molar-refractivity contribution in [2.24, 2.45) is 5.41 Å². The Morgan fingerprint density at radius 3 is 1.71 bits per heavy atom. The van der Waals surface area contributed by atoms with Crippen LogP contribution in [0.25, 0.3) is 0 Å². The Labute approximate surface area is 119 Å². The van der Waals surface area contributed by atoms with E-state index >= 15 is 0 Å². The van der Waals surface area contributed by atoms with Crippen molar-refractivity contribution in [1.29, 1.82) is 0 Å². The summed E-state index contributed by atoms with van der Waals surface area (Å²) in [6.45, 7) is 7.07. The number of ether oxygens (including phenoxy) is 4. The van der Waals surface area contributed by atoms with E-state index in [9.17, 15) is 0 Å². The first-order valence-corrected chi connectivity index (χ1v) is 7.58. The topological polar surface area (TPSA) is 43.5 Å². The van der Waals surface area contributed by atoms with Gasteiger partial charge in [0.2, 0.25) is 0 Å². The highest BCUT2D eigenvalue weighted by Gasteiger charge is 2.38. The Hall–Kier alpha value is 0.800. The number of hydrogen-bond acceptors (Lipinski definition) is 4. The van der Waals surface area contributed by atoms with Crippen LogP contribution >= 0.6 is 31.9 Å². The highest BCUT2D eigenvalue weighted by atomic mass is 79.9. The van der Waals surface area contributed by atoms with Crippen molar-refractivity contribution in [2.45, 2.75) is 36.1 Å². The Morgan fingerprint density at radius 1 is 1.06 bits per heavy atom. The quantitative estimate of drug-likeness (QED) is 0.483. The van der Waals surface area contributed by atoms with Gasteiger partial charge in [0.25, 0.3) is 0 Å². The molecule has 2 fully saturated rings. The number of epoxide rings is 2. The van der Waals surface area contributed by atoms with Crippen molar-refractivity contribution < 1.29 is 18.9 Å². The maximum Gasteiger partial charge on any atom is 0.121 e. The lowest BCUT2D eigenvalue weighted by Crippen LogP contribution is -2.38. The molecule has 2 aliphatic rings. The molecular weight excluding hydrogens is 356 g/mol. The van der Waals surface area contributed by atoms with Crippen molar-refractivity contribution in [3.8, 4) is 0 Å². The third kappa shape index (κ3) is 4.44. The molecule has 0 aromatic carbocycles. The Kier molecular flexibility index (Phi) is 4.88. The largest absolute Gasteiger partial charge is 0.371 e. The lowest BCUT2D eigenvalue weighted by molar-refractivity contribution is -0.0373. The molecule has 0 saturated carbocycles. The molecule has 0 aromatic heterocycles. The minimum atomic E-state index is -0.177. The first-order valence-electron chi connectivity index (χ1n) is 5.74. The molecule has 2 saturated heterocycles. The van der Waals surface area contributed by atoms with Gasteiger partial charge in [0, 0.05) is 5.41 Å². The molecule has 0 amide bonds. The second-order valence-electron chi connectivity index (χ2n) is 5.03. The predicted octanol–water partition coefficient (Wildman–Crippen LogP) is 2.29. The van der Waals surface area contributed by atoms with Gasteiger partial charge >= 0.3 is 0 Å². The number of alkyl halides is 2. The van der Waals surface area contributed by atoms with E-state index in [1.807, 2.05) is 0 Å². The SMILES string of the molecule is CC(C)(C(Br)OCC1CO1)C(Br)OCC1CO1. The van der Waals surface area contributed by atoms with Gasteiger partial charge in [0.1, 0.15) is 22.2 Å². The first-order chi connectivity index (χ1) is 8.00. The molecule has 2 aliphatic heterocycles. The van der Waals surface area contributed by atoms with Gasteiger partial charge in [-0.1, -0.05) is 45.7 Å². The second kappa shape index (κ2) is 5.84. The van der Waals surface area contributed by atoms with Crippen LogP contribution < -0.4 is 0 Å². The van der Waals surface area contributed by atoms with Crippen molar-refractivity contribution in [3.63, 3.8) is 0 Å². The van der Waals surface area contributed by atoms with Crippen LogP contribution in [0.3, 0.4) is 0 Å². The average molecular weight is 374 g/mol. The lowest BCUT2D eigenvalue weighted by Gasteiger charge is -2.34. The summed E-state index contributed by atoms with van der Waals surface area (Å²) in [5.74, 6) is 0.